The molecule has 0 aromatic rings. The largest absolute Gasteiger partial charge is 0.417 e. The molecule has 0 N–H and O–H groups in total. The van der Waals surface area contributed by atoms with Crippen LogP contribution in [-0.2, 0) is 13.3 Å². The summed E-state index contributed by atoms with van der Waals surface area (Å²) in [4.78, 5) is 0. The Morgan fingerprint density at radius 2 is 1.25 bits per heavy atom. The second-order valence-electron chi connectivity index (χ2n) is 20.3. The quantitative estimate of drug-likeness (QED) is 0.230. The maximum Gasteiger partial charge on any atom is 0.192 e. The van der Waals surface area contributed by atoms with Gasteiger partial charge in [-0.3, -0.25) is 0 Å². The maximum absolute atomic E-state index is 7.16. The topological polar surface area (TPSA) is 27.7 Å². The molecule has 0 bridgehead atoms. The summed E-state index contributed by atoms with van der Waals surface area (Å²) in [6.45, 7) is 47.3. The summed E-state index contributed by atoms with van der Waals surface area (Å²) in [5.74, 6) is 2.08. The van der Waals surface area contributed by atoms with E-state index in [1.54, 1.807) is 0 Å². The first-order chi connectivity index (χ1) is 19.6. The second kappa shape index (κ2) is 12.5. The molecule has 2 fully saturated rings. The highest BCUT2D eigenvalue weighted by Gasteiger charge is 2.57. The van der Waals surface area contributed by atoms with Crippen LogP contribution in [0.5, 0.6) is 0 Å². The highest BCUT2D eigenvalue weighted by atomic mass is 28.4. The Morgan fingerprint density at radius 1 is 0.750 bits per heavy atom. The fraction of sp³-hybridized carbons (Fsp3) is 0.895. The predicted molar refractivity (Wildman–Crippen MR) is 200 cm³/mol. The van der Waals surface area contributed by atoms with Gasteiger partial charge in [0, 0.05) is 19.3 Å². The molecule has 44 heavy (non-hydrogen) atoms. The average molecular weight is 663 g/mol. The van der Waals surface area contributed by atoms with E-state index < -0.39 is 25.0 Å². The Balaban J connectivity index is 2.01. The third-order valence-corrected chi connectivity index (χ3v) is 28.0. The summed E-state index contributed by atoms with van der Waals surface area (Å²) in [6.07, 6.45) is 11.2. The SMILES string of the molecule is C=C1C=C[C@@H]2[C@H](CO[Si](C)(C)C(C)(C)C)[C@@H]([C@]3(C)CC[C@H](O[Si](C)(C)C(C)(C)C)C[C@@H]3CO[Si](C)(C)C(C)(C)C)CC[C@]12C. The summed E-state index contributed by atoms with van der Waals surface area (Å²) in [7, 11) is -5.65. The molecule has 0 radical (unpaired) electrons. The average Bonchev–Trinajstić information content (AvgIpc) is 3.15. The predicted octanol–water partition coefficient (Wildman–Crippen LogP) is 12.0. The minimum Gasteiger partial charge on any atom is -0.417 e. The van der Waals surface area contributed by atoms with E-state index in [9.17, 15) is 0 Å². The van der Waals surface area contributed by atoms with Crippen LogP contribution >= 0.6 is 0 Å². The van der Waals surface area contributed by atoms with Crippen LogP contribution in [0, 0.1) is 34.5 Å². The molecule has 0 heterocycles. The van der Waals surface area contributed by atoms with Gasteiger partial charge in [0.1, 0.15) is 0 Å². The van der Waals surface area contributed by atoms with E-state index in [0.717, 1.165) is 26.1 Å². The third-order valence-electron chi connectivity index (χ3n) is 14.4. The number of rotatable bonds is 9. The summed E-state index contributed by atoms with van der Waals surface area (Å²) in [5.41, 5.74) is 1.67. The number of fused-ring (bicyclic) bond motifs is 1. The molecule has 0 spiro atoms. The fourth-order valence-corrected chi connectivity index (χ4v) is 11.1. The van der Waals surface area contributed by atoms with Crippen molar-refractivity contribution in [1.82, 2.24) is 0 Å². The van der Waals surface area contributed by atoms with Gasteiger partial charge in [0.25, 0.3) is 0 Å². The molecule has 2 saturated carbocycles. The van der Waals surface area contributed by atoms with E-state index >= 15 is 0 Å². The van der Waals surface area contributed by atoms with Crippen LogP contribution in [0.1, 0.15) is 108 Å². The zero-order valence-corrected chi connectivity index (χ0v) is 35.4. The first-order valence-corrected chi connectivity index (χ1v) is 26.6. The van der Waals surface area contributed by atoms with E-state index in [4.69, 9.17) is 13.3 Å². The van der Waals surface area contributed by atoms with Crippen molar-refractivity contribution in [2.45, 2.75) is 169 Å². The van der Waals surface area contributed by atoms with E-state index in [1.807, 2.05) is 0 Å². The molecule has 6 heteroatoms. The van der Waals surface area contributed by atoms with Gasteiger partial charge in [-0.2, -0.15) is 0 Å². The Hall–Kier alpha value is 0.0106. The molecule has 0 aromatic carbocycles. The first kappa shape index (κ1) is 38.5. The maximum atomic E-state index is 7.16. The van der Waals surface area contributed by atoms with Crippen LogP contribution in [0.2, 0.25) is 54.4 Å². The zero-order valence-electron chi connectivity index (χ0n) is 32.4. The van der Waals surface area contributed by atoms with Crippen LogP contribution in [0.15, 0.2) is 24.3 Å². The van der Waals surface area contributed by atoms with E-state index in [-0.39, 0.29) is 25.9 Å². The molecule has 0 aliphatic heterocycles. The van der Waals surface area contributed by atoms with Crippen molar-refractivity contribution in [1.29, 1.82) is 0 Å². The standard InChI is InChI=1S/C38H74O3Si3/c1-28-19-20-32-31(27-40-43(15,16)35(5,6)7)33(22-24-37(28,32)11)38(12)23-21-30(41-44(17,18)36(8,9)10)25-29(38)26-39-42(13,14)34(2,3)4/h19-20,29-33H,1,21-27H2,2-18H3/t29-,30+,31+,32-,33+,37-,38-/m1/s1. The molecule has 0 unspecified atom stereocenters. The zero-order chi connectivity index (χ0) is 33.9. The van der Waals surface area contributed by atoms with Crippen molar-refractivity contribution < 1.29 is 13.3 Å². The van der Waals surface area contributed by atoms with Gasteiger partial charge in [-0.05, 0) is 127 Å². The van der Waals surface area contributed by atoms with Gasteiger partial charge >= 0.3 is 0 Å². The molecule has 3 aliphatic carbocycles. The van der Waals surface area contributed by atoms with Gasteiger partial charge in [-0.15, -0.1) is 0 Å². The summed E-state index contributed by atoms with van der Waals surface area (Å²) >= 11 is 0. The summed E-state index contributed by atoms with van der Waals surface area (Å²) < 4.78 is 21.4. The van der Waals surface area contributed by atoms with Gasteiger partial charge < -0.3 is 13.3 Å². The van der Waals surface area contributed by atoms with Crippen LogP contribution in [0.4, 0.5) is 0 Å². The molecule has 3 rings (SSSR count). The molecule has 7 atom stereocenters. The molecule has 256 valence electrons. The molecule has 3 aliphatic rings. The Bertz CT molecular complexity index is 1060. The summed E-state index contributed by atoms with van der Waals surface area (Å²) in [5, 5.41) is 0.632. The van der Waals surface area contributed by atoms with Crippen molar-refractivity contribution >= 4 is 25.0 Å². The molecular formula is C38H74O3Si3. The highest BCUT2D eigenvalue weighted by molar-refractivity contribution is 6.74. The van der Waals surface area contributed by atoms with Gasteiger partial charge in [0.05, 0.1) is 0 Å². The Labute approximate surface area is 278 Å². The van der Waals surface area contributed by atoms with Gasteiger partial charge in [0.15, 0.2) is 25.0 Å². The normalized spacial score (nSPS) is 34.4. The minimum atomic E-state index is -1.89. The van der Waals surface area contributed by atoms with Crippen molar-refractivity contribution in [3.63, 3.8) is 0 Å². The molecular weight excluding hydrogens is 589 g/mol. The van der Waals surface area contributed by atoms with Crippen LogP contribution < -0.4 is 0 Å². The highest BCUT2D eigenvalue weighted by Crippen LogP contribution is 2.62. The van der Waals surface area contributed by atoms with Gasteiger partial charge in [0.2, 0.25) is 0 Å². The van der Waals surface area contributed by atoms with Gasteiger partial charge in [-0.1, -0.05) is 94.9 Å². The lowest BCUT2D eigenvalue weighted by Crippen LogP contribution is -2.55. The molecule has 3 nitrogen and oxygen atoms in total. The lowest BCUT2D eigenvalue weighted by Gasteiger charge is -2.58. The Kier molecular flexibility index (Phi) is 10.9. The van der Waals surface area contributed by atoms with Crippen LogP contribution in [-0.4, -0.2) is 44.3 Å². The van der Waals surface area contributed by atoms with E-state index in [1.165, 1.54) is 24.8 Å². The smallest absolute Gasteiger partial charge is 0.192 e. The number of allylic oxidation sites excluding steroid dienone is 3. The Morgan fingerprint density at radius 3 is 1.75 bits per heavy atom. The monoisotopic (exact) mass is 662 g/mol. The van der Waals surface area contributed by atoms with Crippen molar-refractivity contribution in [3.05, 3.63) is 24.3 Å². The minimum absolute atomic E-state index is 0.157. The molecule has 0 aromatic heterocycles. The fourth-order valence-electron chi connectivity index (χ4n) is 7.61. The third kappa shape index (κ3) is 7.51. The van der Waals surface area contributed by atoms with E-state index in [0.29, 0.717) is 29.8 Å². The van der Waals surface area contributed by atoms with Crippen LogP contribution in [0.25, 0.3) is 0 Å². The number of hydrogen-bond donors (Lipinski definition) is 0. The van der Waals surface area contributed by atoms with Crippen molar-refractivity contribution in [2.75, 3.05) is 13.2 Å². The first-order valence-electron chi connectivity index (χ1n) is 17.9. The van der Waals surface area contributed by atoms with E-state index in [2.05, 4.69) is 134 Å². The second-order valence-corrected chi connectivity index (χ2v) is 34.6. The lowest BCUT2D eigenvalue weighted by molar-refractivity contribution is -0.0938. The van der Waals surface area contributed by atoms with Crippen molar-refractivity contribution in [2.24, 2.45) is 34.5 Å². The van der Waals surface area contributed by atoms with Crippen LogP contribution in [0.3, 0.4) is 0 Å². The number of hydrogen-bond acceptors (Lipinski definition) is 3. The van der Waals surface area contributed by atoms with Crippen molar-refractivity contribution in [3.8, 4) is 0 Å². The summed E-state index contributed by atoms with van der Waals surface area (Å²) in [6, 6.07) is 0. The molecule has 0 saturated heterocycles. The molecule has 0 amide bonds. The lowest BCUT2D eigenvalue weighted by atomic mass is 9.49. The van der Waals surface area contributed by atoms with Gasteiger partial charge in [-0.25, -0.2) is 0 Å².